The lowest BCUT2D eigenvalue weighted by Gasteiger charge is -2.19. The highest BCUT2D eigenvalue weighted by atomic mass is 32.2. The van der Waals surface area contributed by atoms with Gasteiger partial charge in [0.15, 0.2) is 0 Å². The Labute approximate surface area is 211 Å². The SMILES string of the molecule is CCCC(CC)CCCSc1ccccc1Nc1ccc(OCc2ccccc2)cc1C(C)C. The molecule has 34 heavy (non-hydrogen) atoms. The third kappa shape index (κ3) is 8.13. The van der Waals surface area contributed by atoms with Crippen molar-refractivity contribution >= 4 is 23.1 Å². The third-order valence-electron chi connectivity index (χ3n) is 6.34. The van der Waals surface area contributed by atoms with E-state index in [1.54, 1.807) is 0 Å². The minimum atomic E-state index is 0.395. The first-order chi connectivity index (χ1) is 16.6. The van der Waals surface area contributed by atoms with Gasteiger partial charge >= 0.3 is 0 Å². The van der Waals surface area contributed by atoms with Crippen molar-refractivity contribution in [3.63, 3.8) is 0 Å². The lowest BCUT2D eigenvalue weighted by atomic mass is 9.96. The van der Waals surface area contributed by atoms with Crippen molar-refractivity contribution in [1.29, 1.82) is 0 Å². The minimum absolute atomic E-state index is 0.395. The number of para-hydroxylation sites is 1. The predicted molar refractivity (Wildman–Crippen MR) is 150 cm³/mol. The molecule has 3 aromatic carbocycles. The molecule has 1 unspecified atom stereocenters. The molecular formula is C31H41NOS. The largest absolute Gasteiger partial charge is 0.489 e. The van der Waals surface area contributed by atoms with E-state index in [2.05, 4.69) is 87.6 Å². The molecule has 3 aromatic rings. The van der Waals surface area contributed by atoms with E-state index in [1.807, 2.05) is 30.0 Å². The first kappa shape index (κ1) is 26.2. The van der Waals surface area contributed by atoms with Gasteiger partial charge in [-0.25, -0.2) is 0 Å². The second-order valence-corrected chi connectivity index (χ2v) is 10.5. The first-order valence-electron chi connectivity index (χ1n) is 12.9. The summed E-state index contributed by atoms with van der Waals surface area (Å²) < 4.78 is 6.09. The molecule has 0 aromatic heterocycles. The Bertz CT molecular complexity index is 986. The van der Waals surface area contributed by atoms with E-state index in [4.69, 9.17) is 4.74 Å². The fourth-order valence-corrected chi connectivity index (χ4v) is 5.30. The number of anilines is 2. The monoisotopic (exact) mass is 475 g/mol. The Kier molecular flexibility index (Phi) is 10.9. The summed E-state index contributed by atoms with van der Waals surface area (Å²) in [7, 11) is 0. The lowest BCUT2D eigenvalue weighted by Crippen LogP contribution is -2.02. The number of hydrogen-bond donors (Lipinski definition) is 1. The van der Waals surface area contributed by atoms with Gasteiger partial charge in [0.05, 0.1) is 5.69 Å². The van der Waals surface area contributed by atoms with E-state index < -0.39 is 0 Å². The van der Waals surface area contributed by atoms with Crippen LogP contribution in [0.4, 0.5) is 11.4 Å². The molecule has 0 heterocycles. The summed E-state index contributed by atoms with van der Waals surface area (Å²) in [6.45, 7) is 9.69. The maximum absolute atomic E-state index is 6.09. The standard InChI is InChI=1S/C31H41NOS/c1-5-13-25(6-2)16-12-21-34-31-18-11-10-17-30(31)32-29-20-19-27(22-28(29)24(3)4)33-23-26-14-8-7-9-15-26/h7-11,14-15,17-20,22,24-25,32H,5-6,12-13,16,21,23H2,1-4H3. The zero-order valence-corrected chi connectivity index (χ0v) is 22.2. The van der Waals surface area contributed by atoms with Crippen molar-refractivity contribution in [3.05, 3.63) is 83.9 Å². The molecule has 2 nitrogen and oxygen atoms in total. The van der Waals surface area contributed by atoms with E-state index >= 15 is 0 Å². The highest BCUT2D eigenvalue weighted by Gasteiger charge is 2.12. The van der Waals surface area contributed by atoms with Gasteiger partial charge in [-0.1, -0.05) is 89.4 Å². The molecule has 182 valence electrons. The zero-order chi connectivity index (χ0) is 24.2. The van der Waals surface area contributed by atoms with E-state index in [-0.39, 0.29) is 0 Å². The van der Waals surface area contributed by atoms with E-state index in [0.717, 1.165) is 17.4 Å². The molecule has 0 bridgehead atoms. The second-order valence-electron chi connectivity index (χ2n) is 9.35. The third-order valence-corrected chi connectivity index (χ3v) is 7.50. The van der Waals surface area contributed by atoms with Crippen molar-refractivity contribution in [3.8, 4) is 5.75 Å². The average Bonchev–Trinajstić information content (AvgIpc) is 2.86. The molecule has 1 N–H and O–H groups in total. The lowest BCUT2D eigenvalue weighted by molar-refractivity contribution is 0.306. The van der Waals surface area contributed by atoms with Gasteiger partial charge in [-0.3, -0.25) is 0 Å². The molecule has 0 radical (unpaired) electrons. The molecule has 0 saturated heterocycles. The number of ether oxygens (including phenoxy) is 1. The van der Waals surface area contributed by atoms with E-state index in [9.17, 15) is 0 Å². The Balaban J connectivity index is 1.65. The molecule has 0 fully saturated rings. The van der Waals surface area contributed by atoms with Gasteiger partial charge in [0.1, 0.15) is 12.4 Å². The van der Waals surface area contributed by atoms with Gasteiger partial charge in [-0.15, -0.1) is 11.8 Å². The molecular weight excluding hydrogens is 434 g/mol. The van der Waals surface area contributed by atoms with Gasteiger partial charge in [0.2, 0.25) is 0 Å². The number of thioether (sulfide) groups is 1. The number of hydrogen-bond acceptors (Lipinski definition) is 3. The number of nitrogens with one attached hydrogen (secondary N) is 1. The zero-order valence-electron chi connectivity index (χ0n) is 21.3. The van der Waals surface area contributed by atoms with Crippen LogP contribution in [0.25, 0.3) is 0 Å². The summed E-state index contributed by atoms with van der Waals surface area (Å²) in [5.41, 5.74) is 4.80. The molecule has 0 saturated carbocycles. The number of rotatable bonds is 14. The van der Waals surface area contributed by atoms with Crippen LogP contribution in [0.5, 0.6) is 5.75 Å². The topological polar surface area (TPSA) is 21.3 Å². The summed E-state index contributed by atoms with van der Waals surface area (Å²) in [6.07, 6.45) is 6.59. The Morgan fingerprint density at radius 1 is 0.853 bits per heavy atom. The molecule has 3 heteroatoms. The van der Waals surface area contributed by atoms with Crippen LogP contribution in [0.15, 0.2) is 77.7 Å². The van der Waals surface area contributed by atoms with Crippen LogP contribution in [0.1, 0.15) is 76.8 Å². The second kappa shape index (κ2) is 14.1. The van der Waals surface area contributed by atoms with Crippen molar-refractivity contribution < 1.29 is 4.74 Å². The Morgan fingerprint density at radius 3 is 2.35 bits per heavy atom. The summed E-state index contributed by atoms with van der Waals surface area (Å²) in [5.74, 6) is 3.36. The molecule has 0 aliphatic heterocycles. The van der Waals surface area contributed by atoms with Crippen LogP contribution in [0.3, 0.4) is 0 Å². The quantitative estimate of drug-likeness (QED) is 0.185. The van der Waals surface area contributed by atoms with Crippen LogP contribution in [0, 0.1) is 5.92 Å². The molecule has 0 aliphatic carbocycles. The maximum atomic E-state index is 6.09. The van der Waals surface area contributed by atoms with Gasteiger partial charge in [-0.2, -0.15) is 0 Å². The molecule has 0 aliphatic rings. The highest BCUT2D eigenvalue weighted by Crippen LogP contribution is 2.35. The van der Waals surface area contributed by atoms with Crippen molar-refractivity contribution in [2.24, 2.45) is 5.92 Å². The molecule has 0 spiro atoms. The summed E-state index contributed by atoms with van der Waals surface area (Å²) >= 11 is 1.97. The van der Waals surface area contributed by atoms with Crippen molar-refractivity contribution in [2.75, 3.05) is 11.1 Å². The number of benzene rings is 3. The minimum Gasteiger partial charge on any atom is -0.489 e. The first-order valence-corrected chi connectivity index (χ1v) is 13.9. The van der Waals surface area contributed by atoms with Crippen LogP contribution < -0.4 is 10.1 Å². The highest BCUT2D eigenvalue weighted by molar-refractivity contribution is 7.99. The fraction of sp³-hybridized carbons (Fsp3) is 0.419. The van der Waals surface area contributed by atoms with Crippen LogP contribution in [0.2, 0.25) is 0 Å². The van der Waals surface area contributed by atoms with E-state index in [0.29, 0.717) is 12.5 Å². The van der Waals surface area contributed by atoms with Crippen LogP contribution in [-0.4, -0.2) is 5.75 Å². The van der Waals surface area contributed by atoms with Gasteiger partial charge in [-0.05, 0) is 71.9 Å². The van der Waals surface area contributed by atoms with Crippen molar-refractivity contribution in [1.82, 2.24) is 0 Å². The van der Waals surface area contributed by atoms with Gasteiger partial charge in [0, 0.05) is 10.6 Å². The smallest absolute Gasteiger partial charge is 0.120 e. The summed E-state index contributed by atoms with van der Waals surface area (Å²) in [4.78, 5) is 1.32. The maximum Gasteiger partial charge on any atom is 0.120 e. The molecule has 3 rings (SSSR count). The summed E-state index contributed by atoms with van der Waals surface area (Å²) in [5, 5.41) is 3.73. The Morgan fingerprint density at radius 2 is 1.62 bits per heavy atom. The normalized spacial score (nSPS) is 12.0. The van der Waals surface area contributed by atoms with Gasteiger partial charge < -0.3 is 10.1 Å². The van der Waals surface area contributed by atoms with E-state index in [1.165, 1.54) is 59.6 Å². The van der Waals surface area contributed by atoms with Crippen LogP contribution >= 0.6 is 11.8 Å². The molecule has 0 amide bonds. The average molecular weight is 476 g/mol. The molecule has 1 atom stereocenters. The fourth-order valence-electron chi connectivity index (χ4n) is 4.32. The van der Waals surface area contributed by atoms with Gasteiger partial charge in [0.25, 0.3) is 0 Å². The van der Waals surface area contributed by atoms with Crippen LogP contribution in [-0.2, 0) is 6.61 Å². The Hall–Kier alpha value is -2.39. The predicted octanol–water partition coefficient (Wildman–Crippen LogP) is 9.83. The summed E-state index contributed by atoms with van der Waals surface area (Å²) in [6, 6.07) is 25.4. The van der Waals surface area contributed by atoms with Crippen molar-refractivity contribution in [2.45, 2.75) is 77.2 Å².